The smallest absolute Gasteiger partial charge is 0.329 e. The third kappa shape index (κ3) is 4.72. The zero-order chi connectivity index (χ0) is 25.4. The maximum Gasteiger partial charge on any atom is 0.329 e. The van der Waals surface area contributed by atoms with E-state index in [1.54, 1.807) is 41.8 Å². The van der Waals surface area contributed by atoms with Crippen LogP contribution in [0.4, 0.5) is 0 Å². The highest BCUT2D eigenvalue weighted by Crippen LogP contribution is 2.54. The van der Waals surface area contributed by atoms with E-state index in [0.29, 0.717) is 22.7 Å². The average Bonchev–Trinajstić information content (AvgIpc) is 3.45. The Kier molecular flexibility index (Phi) is 6.77. The van der Waals surface area contributed by atoms with Crippen LogP contribution in [0, 0.1) is 5.92 Å². The average molecular weight is 493 g/mol. The van der Waals surface area contributed by atoms with Crippen LogP contribution in [0.25, 0.3) is 0 Å². The van der Waals surface area contributed by atoms with Crippen molar-refractivity contribution in [2.45, 2.75) is 70.4 Å². The maximum atomic E-state index is 14.2. The SMILES string of the molecule is CC(C)CC1(C(=O)O)CC(c2cnccn2)C(c2nccs2)N1C(=O)c1ccc(C(C)(C)C)cc1. The van der Waals surface area contributed by atoms with Gasteiger partial charge >= 0.3 is 5.97 Å². The first-order chi connectivity index (χ1) is 16.5. The Bertz CT molecular complexity index is 1170. The van der Waals surface area contributed by atoms with E-state index < -0.39 is 17.6 Å². The normalized spacial score (nSPS) is 22.5. The third-order valence-corrected chi connectivity index (χ3v) is 7.55. The van der Waals surface area contributed by atoms with Crippen LogP contribution in [-0.2, 0) is 10.2 Å². The van der Waals surface area contributed by atoms with Gasteiger partial charge in [0.2, 0.25) is 0 Å². The molecule has 2 aromatic heterocycles. The van der Waals surface area contributed by atoms with Gasteiger partial charge < -0.3 is 10.0 Å². The number of carboxylic acids is 1. The van der Waals surface area contributed by atoms with Crippen LogP contribution >= 0.6 is 11.3 Å². The summed E-state index contributed by atoms with van der Waals surface area (Å²) in [4.78, 5) is 42.1. The van der Waals surface area contributed by atoms with Gasteiger partial charge in [0.05, 0.1) is 11.7 Å². The minimum atomic E-state index is -1.40. The Morgan fingerprint density at radius 1 is 1.14 bits per heavy atom. The summed E-state index contributed by atoms with van der Waals surface area (Å²) in [6.07, 6.45) is 7.13. The molecule has 35 heavy (non-hydrogen) atoms. The molecule has 1 aliphatic heterocycles. The highest BCUT2D eigenvalue weighted by molar-refractivity contribution is 7.09. The molecule has 0 spiro atoms. The molecular formula is C27H32N4O3S. The summed E-state index contributed by atoms with van der Waals surface area (Å²) in [7, 11) is 0. The first-order valence-electron chi connectivity index (χ1n) is 11.9. The van der Waals surface area contributed by atoms with Gasteiger partial charge in [-0.2, -0.15) is 0 Å². The van der Waals surface area contributed by atoms with Crippen LogP contribution in [0.5, 0.6) is 0 Å². The van der Waals surface area contributed by atoms with Crippen molar-refractivity contribution in [1.29, 1.82) is 0 Å². The highest BCUT2D eigenvalue weighted by atomic mass is 32.1. The van der Waals surface area contributed by atoms with Crippen LogP contribution in [0.3, 0.4) is 0 Å². The third-order valence-electron chi connectivity index (χ3n) is 6.71. The van der Waals surface area contributed by atoms with Crippen molar-refractivity contribution in [2.75, 3.05) is 0 Å². The van der Waals surface area contributed by atoms with Crippen LogP contribution in [0.15, 0.2) is 54.4 Å². The number of carboxylic acid groups (broad SMARTS) is 1. The van der Waals surface area contributed by atoms with Crippen molar-refractivity contribution in [3.05, 3.63) is 76.3 Å². The molecule has 8 heteroatoms. The lowest BCUT2D eigenvalue weighted by Gasteiger charge is -2.38. The number of hydrogen-bond acceptors (Lipinski definition) is 6. The van der Waals surface area contributed by atoms with Gasteiger partial charge in [0.15, 0.2) is 0 Å². The second kappa shape index (κ2) is 9.49. The van der Waals surface area contributed by atoms with Crippen molar-refractivity contribution >= 4 is 23.2 Å². The quantitative estimate of drug-likeness (QED) is 0.490. The number of thiazole rings is 1. The van der Waals surface area contributed by atoms with Crippen LogP contribution in [-0.4, -0.2) is 42.4 Å². The summed E-state index contributed by atoms with van der Waals surface area (Å²) >= 11 is 1.43. The molecule has 1 amide bonds. The molecule has 3 heterocycles. The Labute approximate surface area is 210 Å². The largest absolute Gasteiger partial charge is 0.479 e. The monoisotopic (exact) mass is 492 g/mol. The number of benzene rings is 1. The van der Waals surface area contributed by atoms with Gasteiger partial charge in [-0.15, -0.1) is 11.3 Å². The Balaban J connectivity index is 1.89. The number of amides is 1. The fourth-order valence-electron chi connectivity index (χ4n) is 5.16. The molecule has 0 aliphatic carbocycles. The summed E-state index contributed by atoms with van der Waals surface area (Å²) < 4.78 is 0. The summed E-state index contributed by atoms with van der Waals surface area (Å²) in [5.74, 6) is -1.59. The number of hydrogen-bond donors (Lipinski definition) is 1. The van der Waals surface area contributed by atoms with Crippen LogP contribution < -0.4 is 0 Å². The topological polar surface area (TPSA) is 96.3 Å². The molecule has 1 aliphatic rings. The van der Waals surface area contributed by atoms with Crippen molar-refractivity contribution in [3.8, 4) is 0 Å². The minimum absolute atomic E-state index is 0.0574. The molecule has 3 atom stereocenters. The molecule has 0 bridgehead atoms. The van der Waals surface area contributed by atoms with E-state index in [9.17, 15) is 14.7 Å². The zero-order valence-corrected chi connectivity index (χ0v) is 21.6. The molecule has 7 nitrogen and oxygen atoms in total. The second-order valence-electron chi connectivity index (χ2n) is 10.7. The van der Waals surface area contributed by atoms with E-state index in [1.807, 2.05) is 31.4 Å². The number of aromatic nitrogens is 3. The Morgan fingerprint density at radius 2 is 1.86 bits per heavy atom. The summed E-state index contributed by atoms with van der Waals surface area (Å²) in [6, 6.07) is 6.95. The molecule has 1 aromatic carbocycles. The van der Waals surface area contributed by atoms with E-state index >= 15 is 0 Å². The highest BCUT2D eigenvalue weighted by Gasteiger charge is 2.60. The van der Waals surface area contributed by atoms with E-state index in [2.05, 4.69) is 35.7 Å². The predicted molar refractivity (Wildman–Crippen MR) is 135 cm³/mol. The van der Waals surface area contributed by atoms with E-state index in [0.717, 1.165) is 5.56 Å². The van der Waals surface area contributed by atoms with Crippen molar-refractivity contribution in [1.82, 2.24) is 19.9 Å². The van der Waals surface area contributed by atoms with Gasteiger partial charge in [-0.25, -0.2) is 9.78 Å². The molecule has 0 saturated carbocycles. The van der Waals surface area contributed by atoms with Gasteiger partial charge in [0.25, 0.3) is 5.91 Å². The number of rotatable bonds is 6. The lowest BCUT2D eigenvalue weighted by atomic mass is 9.83. The number of likely N-dealkylation sites (tertiary alicyclic amines) is 1. The predicted octanol–water partition coefficient (Wildman–Crippen LogP) is 5.47. The van der Waals surface area contributed by atoms with Crippen molar-refractivity contribution < 1.29 is 14.7 Å². The van der Waals surface area contributed by atoms with E-state index in [-0.39, 0.29) is 29.6 Å². The zero-order valence-electron chi connectivity index (χ0n) is 20.8. The van der Waals surface area contributed by atoms with E-state index in [1.165, 1.54) is 11.3 Å². The molecule has 3 aromatic rings. The van der Waals surface area contributed by atoms with Crippen LogP contribution in [0.2, 0.25) is 0 Å². The second-order valence-corrected chi connectivity index (χ2v) is 11.6. The van der Waals surface area contributed by atoms with Gasteiger partial charge in [0.1, 0.15) is 10.5 Å². The first-order valence-corrected chi connectivity index (χ1v) is 12.8. The minimum Gasteiger partial charge on any atom is -0.479 e. The lowest BCUT2D eigenvalue weighted by Crippen LogP contribution is -2.54. The molecular weight excluding hydrogens is 460 g/mol. The molecule has 1 N–H and O–H groups in total. The number of carbonyl (C=O) groups is 2. The summed E-state index contributed by atoms with van der Waals surface area (Å²) in [5, 5.41) is 13.2. The van der Waals surface area contributed by atoms with Gasteiger partial charge in [-0.05, 0) is 41.9 Å². The molecule has 1 saturated heterocycles. The fraction of sp³-hybridized carbons (Fsp3) is 0.444. The van der Waals surface area contributed by atoms with Gasteiger partial charge in [-0.3, -0.25) is 14.8 Å². The Morgan fingerprint density at radius 3 is 2.37 bits per heavy atom. The van der Waals surface area contributed by atoms with Crippen molar-refractivity contribution in [2.24, 2.45) is 5.92 Å². The van der Waals surface area contributed by atoms with Crippen LogP contribution in [0.1, 0.15) is 86.0 Å². The Hall–Kier alpha value is -3.13. The van der Waals surface area contributed by atoms with Gasteiger partial charge in [-0.1, -0.05) is 46.8 Å². The molecule has 3 unspecified atom stereocenters. The fourth-order valence-corrected chi connectivity index (χ4v) is 5.95. The molecule has 4 rings (SSSR count). The van der Waals surface area contributed by atoms with E-state index in [4.69, 9.17) is 0 Å². The first kappa shape index (κ1) is 25.0. The number of aliphatic carboxylic acids is 1. The number of carbonyl (C=O) groups excluding carboxylic acids is 1. The van der Waals surface area contributed by atoms with Gasteiger partial charge in [0, 0.05) is 41.6 Å². The molecule has 1 fully saturated rings. The summed E-state index contributed by atoms with van der Waals surface area (Å²) in [5.41, 5.74) is 0.787. The standard InChI is InChI=1S/C27H32N4O3S/c1-17(2)14-27(25(33)34)15-20(21-16-28-10-11-29-21)22(23-30-12-13-35-23)31(27)24(32)18-6-8-19(9-7-18)26(3,4)5/h6-13,16-17,20,22H,14-15H2,1-5H3,(H,33,34). The molecule has 184 valence electrons. The van der Waals surface area contributed by atoms with Crippen molar-refractivity contribution in [3.63, 3.8) is 0 Å². The summed E-state index contributed by atoms with van der Waals surface area (Å²) in [6.45, 7) is 10.3. The number of nitrogens with zero attached hydrogens (tertiary/aromatic N) is 4. The maximum absolute atomic E-state index is 14.2. The molecule has 0 radical (unpaired) electrons. The lowest BCUT2D eigenvalue weighted by molar-refractivity contribution is -0.150.